The molecule has 1 unspecified atom stereocenters. The van der Waals surface area contributed by atoms with Gasteiger partial charge in [0.2, 0.25) is 5.91 Å². The van der Waals surface area contributed by atoms with Gasteiger partial charge in [-0.05, 0) is 48.1 Å². The van der Waals surface area contributed by atoms with Crippen LogP contribution in [0, 0.1) is 5.92 Å². The van der Waals surface area contributed by atoms with E-state index in [0.717, 1.165) is 24.8 Å². The van der Waals surface area contributed by atoms with Crippen molar-refractivity contribution in [2.24, 2.45) is 5.92 Å². The summed E-state index contributed by atoms with van der Waals surface area (Å²) in [4.78, 5) is 12.3. The van der Waals surface area contributed by atoms with Gasteiger partial charge in [0.15, 0.2) is 0 Å². The molecule has 3 heteroatoms. The molecule has 0 heterocycles. The Labute approximate surface area is 124 Å². The third-order valence-corrected chi connectivity index (χ3v) is 4.09. The molecular weight excluding hydrogens is 262 g/mol. The van der Waals surface area contributed by atoms with E-state index in [2.05, 4.69) is 23.5 Å². The van der Waals surface area contributed by atoms with Crippen LogP contribution in [0.15, 0.2) is 48.5 Å². The number of phenolic OH excluding ortho intramolecular Hbond substituents is 1. The summed E-state index contributed by atoms with van der Waals surface area (Å²) < 4.78 is 0. The second kappa shape index (κ2) is 6.00. The van der Waals surface area contributed by atoms with Crippen molar-refractivity contribution in [1.82, 2.24) is 5.32 Å². The number of amides is 1. The molecule has 0 saturated heterocycles. The van der Waals surface area contributed by atoms with Crippen LogP contribution in [0.2, 0.25) is 0 Å². The lowest BCUT2D eigenvalue weighted by Gasteiger charge is -2.23. The number of carbonyl (C=O) groups is 1. The number of benzene rings is 2. The normalized spacial score (nSPS) is 17.0. The predicted molar refractivity (Wildman–Crippen MR) is 81.9 cm³/mol. The fourth-order valence-electron chi connectivity index (χ4n) is 2.92. The van der Waals surface area contributed by atoms with Crippen molar-refractivity contribution in [2.45, 2.75) is 25.8 Å². The lowest BCUT2D eigenvalue weighted by molar-refractivity contribution is -0.125. The van der Waals surface area contributed by atoms with E-state index in [1.807, 2.05) is 12.1 Å². The van der Waals surface area contributed by atoms with E-state index >= 15 is 0 Å². The molecule has 0 fully saturated rings. The highest BCUT2D eigenvalue weighted by Gasteiger charge is 2.24. The summed E-state index contributed by atoms with van der Waals surface area (Å²) in [5.41, 5.74) is 3.58. The average molecular weight is 281 g/mol. The quantitative estimate of drug-likeness (QED) is 0.909. The van der Waals surface area contributed by atoms with Gasteiger partial charge in [0.05, 0.1) is 0 Å². The van der Waals surface area contributed by atoms with Crippen LogP contribution in [-0.4, -0.2) is 11.0 Å². The molecule has 0 saturated carbocycles. The third-order valence-electron chi connectivity index (χ3n) is 4.09. The Morgan fingerprint density at radius 2 is 1.95 bits per heavy atom. The number of rotatable bonds is 3. The first kappa shape index (κ1) is 13.7. The number of carbonyl (C=O) groups excluding carboxylic acids is 1. The van der Waals surface area contributed by atoms with Crippen molar-refractivity contribution >= 4 is 5.91 Å². The molecule has 2 N–H and O–H groups in total. The summed E-state index contributed by atoms with van der Waals surface area (Å²) in [6.45, 7) is 0.464. The van der Waals surface area contributed by atoms with Crippen LogP contribution in [0.4, 0.5) is 0 Å². The number of aryl methyl sites for hydroxylation is 1. The summed E-state index contributed by atoms with van der Waals surface area (Å²) >= 11 is 0. The molecule has 1 atom stereocenters. The maximum atomic E-state index is 12.3. The molecule has 0 aliphatic heterocycles. The van der Waals surface area contributed by atoms with Crippen LogP contribution in [0.5, 0.6) is 5.75 Å². The Hall–Kier alpha value is -2.29. The van der Waals surface area contributed by atoms with E-state index in [0.29, 0.717) is 6.54 Å². The van der Waals surface area contributed by atoms with Gasteiger partial charge in [0.25, 0.3) is 0 Å². The molecular formula is C18H19NO2. The SMILES string of the molecule is O=C(NCc1cccc(O)c1)C1CCc2ccccc2C1. The molecule has 2 aromatic rings. The van der Waals surface area contributed by atoms with Gasteiger partial charge in [-0.15, -0.1) is 0 Å². The first-order valence-electron chi connectivity index (χ1n) is 7.35. The van der Waals surface area contributed by atoms with Crippen molar-refractivity contribution in [3.8, 4) is 5.75 Å². The topological polar surface area (TPSA) is 49.3 Å². The lowest BCUT2D eigenvalue weighted by atomic mass is 9.83. The van der Waals surface area contributed by atoms with Crippen molar-refractivity contribution < 1.29 is 9.90 Å². The number of hydrogen-bond acceptors (Lipinski definition) is 2. The second-order valence-corrected chi connectivity index (χ2v) is 5.60. The predicted octanol–water partition coefficient (Wildman–Crippen LogP) is 2.81. The Bertz CT molecular complexity index is 651. The first-order valence-corrected chi connectivity index (χ1v) is 7.35. The summed E-state index contributed by atoms with van der Waals surface area (Å²) in [5.74, 6) is 0.387. The van der Waals surface area contributed by atoms with Crippen LogP contribution in [0.25, 0.3) is 0 Å². The fourth-order valence-corrected chi connectivity index (χ4v) is 2.92. The van der Waals surface area contributed by atoms with Gasteiger partial charge in [-0.1, -0.05) is 36.4 Å². The number of nitrogens with one attached hydrogen (secondary N) is 1. The zero-order valence-corrected chi connectivity index (χ0v) is 11.9. The molecule has 21 heavy (non-hydrogen) atoms. The van der Waals surface area contributed by atoms with Gasteiger partial charge in [-0.2, -0.15) is 0 Å². The maximum Gasteiger partial charge on any atom is 0.223 e. The zero-order chi connectivity index (χ0) is 14.7. The minimum absolute atomic E-state index is 0.0530. The standard InChI is InChI=1S/C18H19NO2/c20-17-7-3-4-13(10-17)12-19-18(21)16-9-8-14-5-1-2-6-15(14)11-16/h1-7,10,16,20H,8-9,11-12H2,(H,19,21). The second-order valence-electron chi connectivity index (χ2n) is 5.60. The van der Waals surface area contributed by atoms with Crippen molar-refractivity contribution in [3.63, 3.8) is 0 Å². The van der Waals surface area contributed by atoms with Crippen LogP contribution < -0.4 is 5.32 Å². The number of hydrogen-bond donors (Lipinski definition) is 2. The first-order chi connectivity index (χ1) is 10.2. The summed E-state index contributed by atoms with van der Waals surface area (Å²) in [6, 6.07) is 15.3. The molecule has 0 radical (unpaired) electrons. The average Bonchev–Trinajstić information content (AvgIpc) is 2.52. The van der Waals surface area contributed by atoms with Crippen molar-refractivity contribution in [2.75, 3.05) is 0 Å². The highest BCUT2D eigenvalue weighted by Crippen LogP contribution is 2.25. The van der Waals surface area contributed by atoms with Gasteiger partial charge in [-0.3, -0.25) is 4.79 Å². The van der Waals surface area contributed by atoms with Gasteiger partial charge in [-0.25, -0.2) is 0 Å². The molecule has 0 bridgehead atoms. The van der Waals surface area contributed by atoms with E-state index in [-0.39, 0.29) is 17.6 Å². The fraction of sp³-hybridized carbons (Fsp3) is 0.278. The Kier molecular flexibility index (Phi) is 3.91. The van der Waals surface area contributed by atoms with Crippen LogP contribution >= 0.6 is 0 Å². The zero-order valence-electron chi connectivity index (χ0n) is 11.9. The molecule has 2 aromatic carbocycles. The summed E-state index contributed by atoms with van der Waals surface area (Å²) in [6.07, 6.45) is 2.70. The lowest BCUT2D eigenvalue weighted by Crippen LogP contribution is -2.33. The maximum absolute atomic E-state index is 12.3. The minimum atomic E-state index is 0.0530. The van der Waals surface area contributed by atoms with Crippen molar-refractivity contribution in [3.05, 3.63) is 65.2 Å². The van der Waals surface area contributed by atoms with Gasteiger partial charge < -0.3 is 10.4 Å². The molecule has 0 spiro atoms. The van der Waals surface area contributed by atoms with E-state index in [1.165, 1.54) is 11.1 Å². The molecule has 3 nitrogen and oxygen atoms in total. The number of aromatic hydroxyl groups is 1. The third kappa shape index (κ3) is 3.24. The number of fused-ring (bicyclic) bond motifs is 1. The highest BCUT2D eigenvalue weighted by molar-refractivity contribution is 5.79. The molecule has 1 aliphatic rings. The minimum Gasteiger partial charge on any atom is -0.508 e. The van der Waals surface area contributed by atoms with Crippen LogP contribution in [0.1, 0.15) is 23.1 Å². The van der Waals surface area contributed by atoms with E-state index in [9.17, 15) is 9.90 Å². The smallest absolute Gasteiger partial charge is 0.223 e. The van der Waals surface area contributed by atoms with E-state index in [4.69, 9.17) is 0 Å². The Balaban J connectivity index is 1.59. The summed E-state index contributed by atoms with van der Waals surface area (Å²) in [7, 11) is 0. The molecule has 0 aromatic heterocycles. The van der Waals surface area contributed by atoms with E-state index in [1.54, 1.807) is 18.2 Å². The largest absolute Gasteiger partial charge is 0.508 e. The monoisotopic (exact) mass is 281 g/mol. The van der Waals surface area contributed by atoms with Crippen LogP contribution in [-0.2, 0) is 24.2 Å². The van der Waals surface area contributed by atoms with Gasteiger partial charge in [0.1, 0.15) is 5.75 Å². The van der Waals surface area contributed by atoms with Gasteiger partial charge >= 0.3 is 0 Å². The summed E-state index contributed by atoms with van der Waals surface area (Å²) in [5, 5.41) is 12.4. The number of phenols is 1. The van der Waals surface area contributed by atoms with Crippen LogP contribution in [0.3, 0.4) is 0 Å². The highest BCUT2D eigenvalue weighted by atomic mass is 16.3. The molecule has 1 amide bonds. The molecule has 108 valence electrons. The molecule has 3 rings (SSSR count). The van der Waals surface area contributed by atoms with Gasteiger partial charge in [0, 0.05) is 12.5 Å². The molecule has 1 aliphatic carbocycles. The van der Waals surface area contributed by atoms with Crippen molar-refractivity contribution in [1.29, 1.82) is 0 Å². The Morgan fingerprint density at radius 3 is 2.76 bits per heavy atom. The van der Waals surface area contributed by atoms with E-state index < -0.39 is 0 Å². The Morgan fingerprint density at radius 1 is 1.14 bits per heavy atom.